The van der Waals surface area contributed by atoms with Crippen LogP contribution in [0.5, 0.6) is 0 Å². The van der Waals surface area contributed by atoms with Gasteiger partial charge in [0.2, 0.25) is 5.91 Å². The topological polar surface area (TPSA) is 50.2 Å². The first-order valence-corrected chi connectivity index (χ1v) is 8.64. The van der Waals surface area contributed by atoms with E-state index in [-0.39, 0.29) is 24.9 Å². The van der Waals surface area contributed by atoms with Gasteiger partial charge in [-0.2, -0.15) is 18.3 Å². The van der Waals surface area contributed by atoms with Crippen LogP contribution >= 0.6 is 0 Å². The number of halogens is 3. The molecule has 0 radical (unpaired) electrons. The summed E-state index contributed by atoms with van der Waals surface area (Å²) in [6.45, 7) is 0.939. The lowest BCUT2D eigenvalue weighted by atomic mass is 10.2. The lowest BCUT2D eigenvalue weighted by Crippen LogP contribution is -2.40. The van der Waals surface area contributed by atoms with Crippen molar-refractivity contribution in [1.29, 1.82) is 0 Å². The number of carbonyl (C=O) groups excluding carboxylic acids is 1. The lowest BCUT2D eigenvalue weighted by Gasteiger charge is -2.24. The van der Waals surface area contributed by atoms with Gasteiger partial charge in [0, 0.05) is 24.5 Å². The minimum absolute atomic E-state index is 0.0159. The standard InChI is InChI=1S/C18H21F3N4O/c19-18(20,21)8-3-11-24-10-2-7-16(24)17(26)23-14-5-1-6-15(13-14)25-12-4-9-22-25/h1,4-6,9,12-13,16H,2-3,7-8,10-11H2,(H,23,26)/t16-/m1/s1. The molecule has 0 bridgehead atoms. The van der Waals surface area contributed by atoms with Gasteiger partial charge in [0.05, 0.1) is 11.7 Å². The highest BCUT2D eigenvalue weighted by atomic mass is 19.4. The molecule has 140 valence electrons. The molecule has 1 saturated heterocycles. The Balaban J connectivity index is 1.59. The Kier molecular flexibility index (Phi) is 5.61. The Morgan fingerprint density at radius 2 is 2.15 bits per heavy atom. The summed E-state index contributed by atoms with van der Waals surface area (Å²) in [4.78, 5) is 14.4. The van der Waals surface area contributed by atoms with Gasteiger partial charge in [-0.1, -0.05) is 6.07 Å². The van der Waals surface area contributed by atoms with Crippen LogP contribution in [0, 0.1) is 0 Å². The minimum atomic E-state index is -4.15. The van der Waals surface area contributed by atoms with Crippen molar-refractivity contribution in [3.05, 3.63) is 42.7 Å². The second-order valence-corrected chi connectivity index (χ2v) is 6.40. The molecule has 1 aromatic heterocycles. The van der Waals surface area contributed by atoms with E-state index in [1.165, 1.54) is 0 Å². The number of rotatable bonds is 6. The van der Waals surface area contributed by atoms with E-state index in [1.807, 2.05) is 29.2 Å². The van der Waals surface area contributed by atoms with Crippen molar-refractivity contribution in [3.8, 4) is 5.69 Å². The molecule has 1 N–H and O–H groups in total. The Morgan fingerprint density at radius 3 is 2.88 bits per heavy atom. The van der Waals surface area contributed by atoms with Crippen molar-refractivity contribution in [2.45, 2.75) is 37.9 Å². The average Bonchev–Trinajstić information content (AvgIpc) is 3.26. The van der Waals surface area contributed by atoms with Crippen molar-refractivity contribution in [2.24, 2.45) is 0 Å². The van der Waals surface area contributed by atoms with Gasteiger partial charge in [0.25, 0.3) is 0 Å². The van der Waals surface area contributed by atoms with E-state index in [0.29, 0.717) is 18.7 Å². The zero-order valence-electron chi connectivity index (χ0n) is 14.2. The molecule has 1 amide bonds. The van der Waals surface area contributed by atoms with Crippen LogP contribution in [0.4, 0.5) is 18.9 Å². The molecule has 1 aliphatic heterocycles. The number of nitrogens with one attached hydrogen (secondary N) is 1. The molecular weight excluding hydrogens is 345 g/mol. The van der Waals surface area contributed by atoms with E-state index < -0.39 is 12.6 Å². The van der Waals surface area contributed by atoms with Gasteiger partial charge < -0.3 is 5.32 Å². The molecule has 0 saturated carbocycles. The van der Waals surface area contributed by atoms with Gasteiger partial charge in [0.1, 0.15) is 0 Å². The fourth-order valence-corrected chi connectivity index (χ4v) is 3.25. The average molecular weight is 366 g/mol. The first-order chi connectivity index (χ1) is 12.4. The Labute approximate surface area is 149 Å². The highest BCUT2D eigenvalue weighted by molar-refractivity contribution is 5.95. The first kappa shape index (κ1) is 18.4. The highest BCUT2D eigenvalue weighted by Gasteiger charge is 2.32. The summed E-state index contributed by atoms with van der Waals surface area (Å²) in [5.41, 5.74) is 1.46. The summed E-state index contributed by atoms with van der Waals surface area (Å²) in [7, 11) is 0. The summed E-state index contributed by atoms with van der Waals surface area (Å²) < 4.78 is 38.7. The monoisotopic (exact) mass is 366 g/mol. The summed E-state index contributed by atoms with van der Waals surface area (Å²) in [6, 6.07) is 8.73. The number of hydrogen-bond acceptors (Lipinski definition) is 3. The normalized spacial score (nSPS) is 18.2. The molecule has 0 aliphatic carbocycles. The third-order valence-corrected chi connectivity index (χ3v) is 4.45. The summed E-state index contributed by atoms with van der Waals surface area (Å²) >= 11 is 0. The molecule has 0 unspecified atom stereocenters. The predicted octanol–water partition coefficient (Wildman–Crippen LogP) is 3.62. The Morgan fingerprint density at radius 1 is 1.31 bits per heavy atom. The van der Waals surface area contributed by atoms with Gasteiger partial charge in [-0.05, 0) is 56.6 Å². The van der Waals surface area contributed by atoms with Gasteiger partial charge in [0.15, 0.2) is 0 Å². The van der Waals surface area contributed by atoms with Crippen LogP contribution in [0.25, 0.3) is 5.69 Å². The number of benzene rings is 1. The maximum absolute atomic E-state index is 12.6. The number of alkyl halides is 3. The smallest absolute Gasteiger partial charge is 0.325 e. The van der Waals surface area contributed by atoms with Gasteiger partial charge in [-0.3, -0.25) is 9.69 Å². The van der Waals surface area contributed by atoms with Crippen LogP contribution < -0.4 is 5.32 Å². The van der Waals surface area contributed by atoms with Crippen molar-refractivity contribution < 1.29 is 18.0 Å². The van der Waals surface area contributed by atoms with Crippen LogP contribution in [0.3, 0.4) is 0 Å². The van der Waals surface area contributed by atoms with Crippen LogP contribution in [0.15, 0.2) is 42.7 Å². The predicted molar refractivity (Wildman–Crippen MR) is 92.1 cm³/mol. The van der Waals surface area contributed by atoms with Gasteiger partial charge in [-0.25, -0.2) is 4.68 Å². The zero-order chi connectivity index (χ0) is 18.6. The van der Waals surface area contributed by atoms with Gasteiger partial charge >= 0.3 is 6.18 Å². The Bertz CT molecular complexity index is 730. The molecule has 0 spiro atoms. The molecule has 2 aromatic rings. The molecule has 1 aliphatic rings. The fraction of sp³-hybridized carbons (Fsp3) is 0.444. The van der Waals surface area contributed by atoms with Crippen molar-refractivity contribution in [3.63, 3.8) is 0 Å². The third kappa shape index (κ3) is 4.85. The van der Waals surface area contributed by atoms with E-state index in [0.717, 1.165) is 12.1 Å². The third-order valence-electron chi connectivity index (χ3n) is 4.45. The molecular formula is C18H21F3N4O. The maximum Gasteiger partial charge on any atom is 0.389 e. The Hall–Kier alpha value is -2.35. The second-order valence-electron chi connectivity index (χ2n) is 6.40. The molecule has 8 heteroatoms. The number of anilines is 1. The molecule has 3 rings (SSSR count). The van der Waals surface area contributed by atoms with E-state index >= 15 is 0 Å². The first-order valence-electron chi connectivity index (χ1n) is 8.64. The van der Waals surface area contributed by atoms with E-state index in [1.54, 1.807) is 23.1 Å². The molecule has 1 aromatic carbocycles. The van der Waals surface area contributed by atoms with E-state index in [2.05, 4.69) is 10.4 Å². The van der Waals surface area contributed by atoms with Gasteiger partial charge in [-0.15, -0.1) is 0 Å². The SMILES string of the molecule is O=C(Nc1cccc(-n2cccn2)c1)[C@H]1CCCN1CCCC(F)(F)F. The number of nitrogens with zero attached hydrogens (tertiary/aromatic N) is 3. The highest BCUT2D eigenvalue weighted by Crippen LogP contribution is 2.24. The maximum atomic E-state index is 12.6. The van der Waals surface area contributed by atoms with E-state index in [4.69, 9.17) is 0 Å². The second kappa shape index (κ2) is 7.90. The molecule has 26 heavy (non-hydrogen) atoms. The fourth-order valence-electron chi connectivity index (χ4n) is 3.25. The number of likely N-dealkylation sites (tertiary alicyclic amines) is 1. The molecule has 1 fully saturated rings. The minimum Gasteiger partial charge on any atom is -0.325 e. The largest absolute Gasteiger partial charge is 0.389 e. The van der Waals surface area contributed by atoms with Crippen molar-refractivity contribution >= 4 is 11.6 Å². The van der Waals surface area contributed by atoms with Crippen LogP contribution in [0.2, 0.25) is 0 Å². The van der Waals surface area contributed by atoms with Crippen LogP contribution in [-0.2, 0) is 4.79 Å². The molecule has 2 heterocycles. The number of aromatic nitrogens is 2. The van der Waals surface area contributed by atoms with E-state index in [9.17, 15) is 18.0 Å². The quantitative estimate of drug-likeness (QED) is 0.850. The number of carbonyl (C=O) groups is 1. The number of hydrogen-bond donors (Lipinski definition) is 1. The van der Waals surface area contributed by atoms with Crippen molar-refractivity contribution in [1.82, 2.24) is 14.7 Å². The summed E-state index contributed by atoms with van der Waals surface area (Å²) in [6.07, 6.45) is 0.00721. The number of amides is 1. The van der Waals surface area contributed by atoms with Crippen LogP contribution in [0.1, 0.15) is 25.7 Å². The molecule has 1 atom stereocenters. The van der Waals surface area contributed by atoms with Crippen LogP contribution in [-0.4, -0.2) is 45.9 Å². The summed E-state index contributed by atoms with van der Waals surface area (Å²) in [5.74, 6) is -0.174. The molecule has 5 nitrogen and oxygen atoms in total. The zero-order valence-corrected chi connectivity index (χ0v) is 14.2. The summed E-state index contributed by atoms with van der Waals surface area (Å²) in [5, 5.41) is 7.03. The lowest BCUT2D eigenvalue weighted by molar-refractivity contribution is -0.136. The van der Waals surface area contributed by atoms with Crippen molar-refractivity contribution in [2.75, 3.05) is 18.4 Å².